The summed E-state index contributed by atoms with van der Waals surface area (Å²) in [6.45, 7) is 5.76. The Morgan fingerprint density at radius 1 is 1.21 bits per heavy atom. The minimum atomic E-state index is -0.788. The number of carbonyl (C=O) groups is 1. The van der Waals surface area contributed by atoms with Crippen molar-refractivity contribution < 1.29 is 19.4 Å². The third-order valence-electron chi connectivity index (χ3n) is 3.11. The maximum atomic E-state index is 11.0. The SMILES string of the molecule is C=C[C@H](OC(=O)OC)[C@H](O)CCCCCCCCC. The van der Waals surface area contributed by atoms with Gasteiger partial charge in [-0.05, 0) is 12.5 Å². The van der Waals surface area contributed by atoms with Gasteiger partial charge in [0.05, 0.1) is 13.2 Å². The molecule has 112 valence electrons. The first kappa shape index (κ1) is 18.0. The van der Waals surface area contributed by atoms with E-state index in [1.807, 2.05) is 0 Å². The van der Waals surface area contributed by atoms with Crippen molar-refractivity contribution in [1.82, 2.24) is 0 Å². The van der Waals surface area contributed by atoms with E-state index in [0.29, 0.717) is 6.42 Å². The first-order valence-electron chi connectivity index (χ1n) is 7.20. The van der Waals surface area contributed by atoms with Gasteiger partial charge in [0.25, 0.3) is 0 Å². The fourth-order valence-corrected chi connectivity index (χ4v) is 1.92. The van der Waals surface area contributed by atoms with Crippen LogP contribution >= 0.6 is 0 Å². The summed E-state index contributed by atoms with van der Waals surface area (Å²) in [4.78, 5) is 11.0. The number of hydrogen-bond donors (Lipinski definition) is 1. The number of methoxy groups -OCH3 is 1. The molecular formula is C15H28O4. The summed E-state index contributed by atoms with van der Waals surface area (Å²) in [7, 11) is 1.24. The largest absolute Gasteiger partial charge is 0.508 e. The van der Waals surface area contributed by atoms with Crippen LogP contribution in [-0.2, 0) is 9.47 Å². The number of rotatable bonds is 11. The second kappa shape index (κ2) is 12.0. The molecule has 0 radical (unpaired) electrons. The van der Waals surface area contributed by atoms with Crippen LogP contribution in [0.25, 0.3) is 0 Å². The lowest BCUT2D eigenvalue weighted by Gasteiger charge is -2.19. The Morgan fingerprint density at radius 3 is 2.32 bits per heavy atom. The molecule has 0 heterocycles. The second-order valence-electron chi connectivity index (χ2n) is 4.75. The minimum absolute atomic E-state index is 0.613. The number of carbonyl (C=O) groups excluding carboxylic acids is 1. The molecule has 0 aromatic carbocycles. The van der Waals surface area contributed by atoms with E-state index in [9.17, 15) is 9.90 Å². The summed E-state index contributed by atoms with van der Waals surface area (Å²) < 4.78 is 9.28. The van der Waals surface area contributed by atoms with E-state index in [-0.39, 0.29) is 0 Å². The van der Waals surface area contributed by atoms with Crippen molar-refractivity contribution in [3.8, 4) is 0 Å². The molecule has 0 aliphatic heterocycles. The van der Waals surface area contributed by atoms with Crippen LogP contribution in [0, 0.1) is 0 Å². The number of aliphatic hydroxyl groups excluding tert-OH is 1. The summed E-state index contributed by atoms with van der Waals surface area (Å²) in [6, 6.07) is 0. The normalized spacial score (nSPS) is 13.6. The zero-order valence-corrected chi connectivity index (χ0v) is 12.3. The van der Waals surface area contributed by atoms with E-state index in [1.165, 1.54) is 45.3 Å². The summed E-state index contributed by atoms with van der Waals surface area (Å²) in [6.07, 6.45) is 8.20. The fourth-order valence-electron chi connectivity index (χ4n) is 1.92. The van der Waals surface area contributed by atoms with Crippen LogP contribution in [0.2, 0.25) is 0 Å². The molecule has 1 N–H and O–H groups in total. The predicted octanol–water partition coefficient (Wildman–Crippen LogP) is 3.83. The van der Waals surface area contributed by atoms with Gasteiger partial charge in [-0.25, -0.2) is 4.79 Å². The number of ether oxygens (including phenoxy) is 2. The lowest BCUT2D eigenvalue weighted by Crippen LogP contribution is -2.29. The fraction of sp³-hybridized carbons (Fsp3) is 0.800. The number of aliphatic hydroxyl groups is 1. The molecule has 4 heteroatoms. The molecule has 0 saturated carbocycles. The minimum Gasteiger partial charge on any atom is -0.438 e. The molecule has 0 amide bonds. The van der Waals surface area contributed by atoms with Gasteiger partial charge in [0, 0.05) is 0 Å². The van der Waals surface area contributed by atoms with Crippen LogP contribution in [0.15, 0.2) is 12.7 Å². The maximum absolute atomic E-state index is 11.0. The van der Waals surface area contributed by atoms with Crippen LogP contribution in [-0.4, -0.2) is 30.6 Å². The standard InChI is InChI=1S/C15H28O4/c1-4-6-7-8-9-10-11-12-13(16)14(5-2)19-15(17)18-3/h5,13-14,16H,2,4,6-12H2,1,3H3/t13-,14+/m1/s1. The monoisotopic (exact) mass is 272 g/mol. The summed E-state index contributed by atoms with van der Waals surface area (Å²) in [5.41, 5.74) is 0. The molecule has 4 nitrogen and oxygen atoms in total. The molecule has 0 aliphatic rings. The molecule has 19 heavy (non-hydrogen) atoms. The van der Waals surface area contributed by atoms with Crippen molar-refractivity contribution in [3.05, 3.63) is 12.7 Å². The average molecular weight is 272 g/mol. The molecule has 0 bridgehead atoms. The maximum Gasteiger partial charge on any atom is 0.508 e. The Hall–Kier alpha value is -1.03. The first-order chi connectivity index (χ1) is 9.15. The van der Waals surface area contributed by atoms with Gasteiger partial charge in [0.1, 0.15) is 6.10 Å². The Labute approximate surface area is 116 Å². The topological polar surface area (TPSA) is 55.8 Å². The highest BCUT2D eigenvalue weighted by atomic mass is 16.7. The van der Waals surface area contributed by atoms with E-state index in [1.54, 1.807) is 0 Å². The van der Waals surface area contributed by atoms with E-state index < -0.39 is 18.4 Å². The molecular weight excluding hydrogens is 244 g/mol. The average Bonchev–Trinajstić information content (AvgIpc) is 2.43. The van der Waals surface area contributed by atoms with E-state index >= 15 is 0 Å². The van der Waals surface area contributed by atoms with Crippen LogP contribution in [0.5, 0.6) is 0 Å². The second-order valence-corrected chi connectivity index (χ2v) is 4.75. The van der Waals surface area contributed by atoms with E-state index in [2.05, 4.69) is 18.2 Å². The van der Waals surface area contributed by atoms with Crippen LogP contribution in [0.4, 0.5) is 4.79 Å². The van der Waals surface area contributed by atoms with Gasteiger partial charge < -0.3 is 14.6 Å². The zero-order chi connectivity index (χ0) is 14.5. The molecule has 0 rings (SSSR count). The van der Waals surface area contributed by atoms with Crippen molar-refractivity contribution in [1.29, 1.82) is 0 Å². The summed E-state index contributed by atoms with van der Waals surface area (Å²) in [5, 5.41) is 9.89. The number of unbranched alkanes of at least 4 members (excludes halogenated alkanes) is 6. The Morgan fingerprint density at radius 2 is 1.79 bits per heavy atom. The van der Waals surface area contributed by atoms with Gasteiger partial charge >= 0.3 is 6.16 Å². The lowest BCUT2D eigenvalue weighted by atomic mass is 10.0. The van der Waals surface area contributed by atoms with E-state index in [0.717, 1.165) is 12.8 Å². The highest BCUT2D eigenvalue weighted by Gasteiger charge is 2.20. The van der Waals surface area contributed by atoms with E-state index in [4.69, 9.17) is 4.74 Å². The molecule has 2 atom stereocenters. The van der Waals surface area contributed by atoms with Crippen molar-refractivity contribution in [3.63, 3.8) is 0 Å². The summed E-state index contributed by atoms with van der Waals surface area (Å²) in [5.74, 6) is 0. The van der Waals surface area contributed by atoms with Crippen molar-refractivity contribution >= 4 is 6.16 Å². The Balaban J connectivity index is 3.67. The van der Waals surface area contributed by atoms with Gasteiger partial charge in [-0.2, -0.15) is 0 Å². The molecule has 0 aromatic rings. The van der Waals surface area contributed by atoms with Gasteiger partial charge in [-0.1, -0.05) is 58.4 Å². The van der Waals surface area contributed by atoms with Crippen molar-refractivity contribution in [2.45, 2.75) is 70.5 Å². The molecule has 0 spiro atoms. The highest BCUT2D eigenvalue weighted by molar-refractivity contribution is 5.60. The third kappa shape index (κ3) is 9.54. The third-order valence-corrected chi connectivity index (χ3v) is 3.11. The molecule has 0 fully saturated rings. The molecule has 0 aliphatic carbocycles. The predicted molar refractivity (Wildman–Crippen MR) is 76.1 cm³/mol. The lowest BCUT2D eigenvalue weighted by molar-refractivity contribution is -0.00734. The van der Waals surface area contributed by atoms with Gasteiger partial charge in [0.2, 0.25) is 0 Å². The van der Waals surface area contributed by atoms with Gasteiger partial charge in [-0.15, -0.1) is 0 Å². The highest BCUT2D eigenvalue weighted by Crippen LogP contribution is 2.13. The summed E-state index contributed by atoms with van der Waals surface area (Å²) >= 11 is 0. The number of hydrogen-bond acceptors (Lipinski definition) is 4. The van der Waals surface area contributed by atoms with Crippen LogP contribution in [0.1, 0.15) is 58.3 Å². The van der Waals surface area contributed by atoms with Crippen molar-refractivity contribution in [2.75, 3.05) is 7.11 Å². The first-order valence-corrected chi connectivity index (χ1v) is 7.20. The van der Waals surface area contributed by atoms with Gasteiger partial charge in [-0.3, -0.25) is 0 Å². The quantitative estimate of drug-likeness (QED) is 0.353. The van der Waals surface area contributed by atoms with Gasteiger partial charge in [0.15, 0.2) is 0 Å². The molecule has 0 aromatic heterocycles. The molecule has 0 unspecified atom stereocenters. The van der Waals surface area contributed by atoms with Crippen LogP contribution in [0.3, 0.4) is 0 Å². The van der Waals surface area contributed by atoms with Crippen molar-refractivity contribution in [2.24, 2.45) is 0 Å². The Kier molecular flexibility index (Phi) is 11.4. The molecule has 0 saturated heterocycles. The zero-order valence-electron chi connectivity index (χ0n) is 12.3. The Bertz CT molecular complexity index is 240. The smallest absolute Gasteiger partial charge is 0.438 e. The van der Waals surface area contributed by atoms with Crippen LogP contribution < -0.4 is 0 Å².